The second kappa shape index (κ2) is 8.54. The van der Waals surface area contributed by atoms with Gasteiger partial charge in [-0.15, -0.1) is 0 Å². The van der Waals surface area contributed by atoms with Gasteiger partial charge in [-0.05, 0) is 30.6 Å². The first-order chi connectivity index (χ1) is 9.08. The number of rotatable bonds is 9. The van der Waals surface area contributed by atoms with Gasteiger partial charge in [0.25, 0.3) is 0 Å². The molecular formula is C15H29NO3. The van der Waals surface area contributed by atoms with Gasteiger partial charge in [0.05, 0.1) is 13.2 Å². The summed E-state index contributed by atoms with van der Waals surface area (Å²) in [5.74, 6) is 0.680. The van der Waals surface area contributed by atoms with Crippen LogP contribution in [0.25, 0.3) is 0 Å². The summed E-state index contributed by atoms with van der Waals surface area (Å²) in [4.78, 5) is 11.7. The fourth-order valence-electron chi connectivity index (χ4n) is 3.09. The number of carbonyl (C=O) groups excluding carboxylic acids is 1. The van der Waals surface area contributed by atoms with E-state index in [1.165, 1.54) is 32.1 Å². The molecule has 0 bridgehead atoms. The smallest absolute Gasteiger partial charge is 0.246 e. The van der Waals surface area contributed by atoms with Crippen molar-refractivity contribution < 1.29 is 14.3 Å². The zero-order valence-corrected chi connectivity index (χ0v) is 12.7. The molecular weight excluding hydrogens is 242 g/mol. The van der Waals surface area contributed by atoms with Crippen LogP contribution >= 0.6 is 0 Å². The minimum atomic E-state index is -0.00821. The lowest BCUT2D eigenvalue weighted by atomic mass is 9.78. The summed E-state index contributed by atoms with van der Waals surface area (Å²) in [6.07, 6.45) is 6.30. The first-order valence-corrected chi connectivity index (χ1v) is 7.41. The molecule has 0 aromatic carbocycles. The summed E-state index contributed by atoms with van der Waals surface area (Å²) in [6.45, 7) is 6.47. The fourth-order valence-corrected chi connectivity index (χ4v) is 3.09. The van der Waals surface area contributed by atoms with Gasteiger partial charge in [-0.25, -0.2) is 0 Å². The van der Waals surface area contributed by atoms with E-state index in [-0.39, 0.29) is 12.5 Å². The van der Waals surface area contributed by atoms with E-state index in [1.54, 1.807) is 7.11 Å². The third-order valence-corrected chi connectivity index (χ3v) is 3.83. The topological polar surface area (TPSA) is 47.6 Å². The number of amides is 1. The van der Waals surface area contributed by atoms with E-state index >= 15 is 0 Å². The summed E-state index contributed by atoms with van der Waals surface area (Å²) >= 11 is 0. The van der Waals surface area contributed by atoms with Crippen molar-refractivity contribution in [1.29, 1.82) is 0 Å². The molecule has 4 nitrogen and oxygen atoms in total. The zero-order valence-electron chi connectivity index (χ0n) is 12.7. The van der Waals surface area contributed by atoms with Crippen molar-refractivity contribution in [1.82, 2.24) is 5.32 Å². The standard InChI is InChI=1S/C15H29NO3/c1-13(2)10-15(6-4-5-7-15)12-16-14(17)11-19-9-8-18-3/h13H,4-12H2,1-3H3,(H,16,17). The molecule has 19 heavy (non-hydrogen) atoms. The number of hydrogen-bond acceptors (Lipinski definition) is 3. The Morgan fingerprint density at radius 3 is 2.53 bits per heavy atom. The monoisotopic (exact) mass is 271 g/mol. The molecule has 0 radical (unpaired) electrons. The lowest BCUT2D eigenvalue weighted by Crippen LogP contribution is -2.38. The summed E-state index contributed by atoms with van der Waals surface area (Å²) in [7, 11) is 1.62. The molecule has 1 rings (SSSR count). The maximum absolute atomic E-state index is 11.7. The Labute approximate surface area is 117 Å². The first kappa shape index (κ1) is 16.4. The highest BCUT2D eigenvalue weighted by Gasteiger charge is 2.34. The first-order valence-electron chi connectivity index (χ1n) is 7.41. The van der Waals surface area contributed by atoms with Crippen molar-refractivity contribution in [2.75, 3.05) is 33.5 Å². The molecule has 1 amide bonds. The van der Waals surface area contributed by atoms with Gasteiger partial charge in [0.1, 0.15) is 6.61 Å². The molecule has 0 unspecified atom stereocenters. The van der Waals surface area contributed by atoms with Crippen LogP contribution in [0.3, 0.4) is 0 Å². The van der Waals surface area contributed by atoms with Crippen LogP contribution < -0.4 is 5.32 Å². The van der Waals surface area contributed by atoms with Gasteiger partial charge in [0.15, 0.2) is 0 Å². The molecule has 0 saturated heterocycles. The van der Waals surface area contributed by atoms with E-state index in [9.17, 15) is 4.79 Å². The molecule has 112 valence electrons. The Balaban J connectivity index is 2.26. The molecule has 1 saturated carbocycles. The molecule has 4 heteroatoms. The molecule has 0 heterocycles. The average molecular weight is 271 g/mol. The maximum Gasteiger partial charge on any atom is 0.246 e. The minimum Gasteiger partial charge on any atom is -0.382 e. The highest BCUT2D eigenvalue weighted by Crippen LogP contribution is 2.42. The van der Waals surface area contributed by atoms with E-state index in [0.717, 1.165) is 6.54 Å². The molecule has 0 aliphatic heterocycles. The number of methoxy groups -OCH3 is 1. The lowest BCUT2D eigenvalue weighted by Gasteiger charge is -2.31. The molecule has 0 spiro atoms. The summed E-state index contributed by atoms with van der Waals surface area (Å²) < 4.78 is 10.1. The van der Waals surface area contributed by atoms with Gasteiger partial charge < -0.3 is 14.8 Å². The van der Waals surface area contributed by atoms with Crippen LogP contribution in [-0.2, 0) is 14.3 Å². The van der Waals surface area contributed by atoms with Crippen molar-refractivity contribution in [2.45, 2.75) is 46.0 Å². The summed E-state index contributed by atoms with van der Waals surface area (Å²) in [5, 5.41) is 3.04. The van der Waals surface area contributed by atoms with E-state index in [1.807, 2.05) is 0 Å². The largest absolute Gasteiger partial charge is 0.382 e. The normalized spacial score (nSPS) is 17.9. The van der Waals surface area contributed by atoms with E-state index in [2.05, 4.69) is 19.2 Å². The van der Waals surface area contributed by atoms with Crippen molar-refractivity contribution in [3.05, 3.63) is 0 Å². The van der Waals surface area contributed by atoms with Crippen LogP contribution in [0.1, 0.15) is 46.0 Å². The minimum absolute atomic E-state index is 0.00821. The maximum atomic E-state index is 11.7. The number of hydrogen-bond donors (Lipinski definition) is 1. The number of carbonyl (C=O) groups is 1. The van der Waals surface area contributed by atoms with Gasteiger partial charge in [-0.2, -0.15) is 0 Å². The predicted octanol–water partition coefficient (Wildman–Crippen LogP) is 2.37. The van der Waals surface area contributed by atoms with Gasteiger partial charge in [0, 0.05) is 13.7 Å². The Hall–Kier alpha value is -0.610. The van der Waals surface area contributed by atoms with Crippen LogP contribution in [0.2, 0.25) is 0 Å². The fraction of sp³-hybridized carbons (Fsp3) is 0.933. The molecule has 1 aliphatic rings. The molecule has 1 fully saturated rings. The number of nitrogens with one attached hydrogen (secondary N) is 1. The van der Waals surface area contributed by atoms with Gasteiger partial charge in [-0.3, -0.25) is 4.79 Å². The third kappa shape index (κ3) is 6.39. The third-order valence-electron chi connectivity index (χ3n) is 3.83. The zero-order chi connectivity index (χ0) is 14.1. The highest BCUT2D eigenvalue weighted by atomic mass is 16.5. The highest BCUT2D eigenvalue weighted by molar-refractivity contribution is 5.77. The molecule has 0 atom stereocenters. The molecule has 0 aromatic heterocycles. The van der Waals surface area contributed by atoms with E-state index in [0.29, 0.717) is 24.5 Å². The quantitative estimate of drug-likeness (QED) is 0.655. The second-order valence-corrected chi connectivity index (χ2v) is 6.13. The SMILES string of the molecule is COCCOCC(=O)NCC1(CC(C)C)CCCC1. The van der Waals surface area contributed by atoms with Crippen LogP contribution in [0.5, 0.6) is 0 Å². The van der Waals surface area contributed by atoms with Crippen LogP contribution in [0.4, 0.5) is 0 Å². The van der Waals surface area contributed by atoms with Crippen molar-refractivity contribution in [3.8, 4) is 0 Å². The van der Waals surface area contributed by atoms with Gasteiger partial charge in [-0.1, -0.05) is 26.7 Å². The Bertz CT molecular complexity index is 260. The van der Waals surface area contributed by atoms with E-state index < -0.39 is 0 Å². The Morgan fingerprint density at radius 1 is 1.26 bits per heavy atom. The lowest BCUT2D eigenvalue weighted by molar-refractivity contribution is -0.126. The Morgan fingerprint density at radius 2 is 1.95 bits per heavy atom. The molecule has 0 aromatic rings. The van der Waals surface area contributed by atoms with Crippen LogP contribution in [0.15, 0.2) is 0 Å². The van der Waals surface area contributed by atoms with Crippen LogP contribution in [-0.4, -0.2) is 39.4 Å². The molecule has 1 N–H and O–H groups in total. The van der Waals surface area contributed by atoms with Crippen molar-refractivity contribution in [2.24, 2.45) is 11.3 Å². The second-order valence-electron chi connectivity index (χ2n) is 6.13. The summed E-state index contributed by atoms with van der Waals surface area (Å²) in [6, 6.07) is 0. The van der Waals surface area contributed by atoms with Crippen LogP contribution in [0, 0.1) is 11.3 Å². The average Bonchev–Trinajstić information content (AvgIpc) is 2.80. The van der Waals surface area contributed by atoms with Gasteiger partial charge >= 0.3 is 0 Å². The molecule has 1 aliphatic carbocycles. The van der Waals surface area contributed by atoms with Crippen molar-refractivity contribution in [3.63, 3.8) is 0 Å². The van der Waals surface area contributed by atoms with Crippen molar-refractivity contribution >= 4 is 5.91 Å². The number of ether oxygens (including phenoxy) is 2. The van der Waals surface area contributed by atoms with Gasteiger partial charge in [0.2, 0.25) is 5.91 Å². The van der Waals surface area contributed by atoms with E-state index in [4.69, 9.17) is 9.47 Å². The predicted molar refractivity (Wildman–Crippen MR) is 76.1 cm³/mol. The Kier molecular flexibility index (Phi) is 7.39. The summed E-state index contributed by atoms with van der Waals surface area (Å²) in [5.41, 5.74) is 0.330.